The minimum atomic E-state index is -0.203. The van der Waals surface area contributed by atoms with Gasteiger partial charge in [-0.3, -0.25) is 0 Å². The zero-order valence-corrected chi connectivity index (χ0v) is 9.15. The van der Waals surface area contributed by atoms with Crippen LogP contribution < -0.4 is 5.73 Å². The number of aromatic nitrogens is 2. The van der Waals surface area contributed by atoms with Crippen LogP contribution in [-0.2, 0) is 19.9 Å². The van der Waals surface area contributed by atoms with E-state index in [1.165, 1.54) is 12.1 Å². The summed E-state index contributed by atoms with van der Waals surface area (Å²) in [5.41, 5.74) is 7.70. The fourth-order valence-corrected chi connectivity index (χ4v) is 1.59. The summed E-state index contributed by atoms with van der Waals surface area (Å²) in [7, 11) is 1.86. The molecule has 16 heavy (non-hydrogen) atoms. The van der Waals surface area contributed by atoms with Crippen molar-refractivity contribution in [2.45, 2.75) is 12.8 Å². The van der Waals surface area contributed by atoms with Crippen molar-refractivity contribution in [1.29, 1.82) is 0 Å². The number of halogens is 1. The lowest BCUT2D eigenvalue weighted by atomic mass is 10.1. The number of rotatable bonds is 3. The second-order valence-electron chi connectivity index (χ2n) is 3.83. The van der Waals surface area contributed by atoms with Crippen LogP contribution in [-0.4, -0.2) is 9.55 Å². The third-order valence-corrected chi connectivity index (χ3v) is 2.55. The van der Waals surface area contributed by atoms with Crippen LogP contribution in [0.3, 0.4) is 0 Å². The van der Waals surface area contributed by atoms with Crippen molar-refractivity contribution in [1.82, 2.24) is 9.55 Å². The van der Waals surface area contributed by atoms with Gasteiger partial charge in [0.25, 0.3) is 0 Å². The van der Waals surface area contributed by atoms with Crippen molar-refractivity contribution in [3.05, 3.63) is 47.5 Å². The predicted molar refractivity (Wildman–Crippen MR) is 61.4 cm³/mol. The highest BCUT2D eigenvalue weighted by Crippen LogP contribution is 2.09. The highest BCUT2D eigenvalue weighted by molar-refractivity contribution is 5.23. The summed E-state index contributed by atoms with van der Waals surface area (Å²) in [4.78, 5) is 4.21. The molecule has 0 amide bonds. The monoisotopic (exact) mass is 219 g/mol. The van der Waals surface area contributed by atoms with E-state index in [0.717, 1.165) is 24.1 Å². The number of imidazole rings is 1. The summed E-state index contributed by atoms with van der Waals surface area (Å²) in [5.74, 6) is 0.319. The number of nitrogens with zero attached hydrogens (tertiary/aromatic N) is 2. The fourth-order valence-electron chi connectivity index (χ4n) is 1.59. The van der Waals surface area contributed by atoms with Gasteiger partial charge in [-0.15, -0.1) is 0 Å². The van der Waals surface area contributed by atoms with Crippen molar-refractivity contribution < 1.29 is 4.39 Å². The Morgan fingerprint density at radius 3 is 2.50 bits per heavy atom. The Hall–Kier alpha value is -1.84. The molecule has 0 bridgehead atoms. The van der Waals surface area contributed by atoms with Crippen molar-refractivity contribution in [2.75, 3.05) is 5.73 Å². The van der Waals surface area contributed by atoms with Gasteiger partial charge in [0.2, 0.25) is 0 Å². The summed E-state index contributed by atoms with van der Waals surface area (Å²) < 4.78 is 14.5. The molecule has 2 aromatic rings. The number of nitrogen functional groups attached to an aromatic ring is 1. The van der Waals surface area contributed by atoms with Gasteiger partial charge in [-0.2, -0.15) is 0 Å². The number of aryl methyl sites for hydroxylation is 3. The zero-order valence-electron chi connectivity index (χ0n) is 9.15. The van der Waals surface area contributed by atoms with Gasteiger partial charge in [0, 0.05) is 13.2 Å². The molecule has 0 unspecified atom stereocenters. The first-order valence-electron chi connectivity index (χ1n) is 5.17. The van der Waals surface area contributed by atoms with Gasteiger partial charge in [-0.25, -0.2) is 9.37 Å². The molecular formula is C12H14FN3. The van der Waals surface area contributed by atoms with E-state index in [9.17, 15) is 4.39 Å². The second-order valence-corrected chi connectivity index (χ2v) is 3.83. The van der Waals surface area contributed by atoms with Crippen LogP contribution >= 0.6 is 0 Å². The normalized spacial score (nSPS) is 10.6. The fraction of sp³-hybridized carbons (Fsp3) is 0.250. The smallest absolute Gasteiger partial charge is 0.200 e. The van der Waals surface area contributed by atoms with Gasteiger partial charge in [0.15, 0.2) is 5.95 Å². The third-order valence-electron chi connectivity index (χ3n) is 2.55. The van der Waals surface area contributed by atoms with E-state index in [1.54, 1.807) is 16.7 Å². The minimum absolute atomic E-state index is 0.203. The van der Waals surface area contributed by atoms with Gasteiger partial charge in [-0.05, 0) is 30.5 Å². The molecule has 1 aromatic carbocycles. The summed E-state index contributed by atoms with van der Waals surface area (Å²) in [6.45, 7) is 0. The van der Waals surface area contributed by atoms with Crippen molar-refractivity contribution in [2.24, 2.45) is 7.05 Å². The number of hydrogen-bond acceptors (Lipinski definition) is 2. The Labute approximate surface area is 93.7 Å². The molecule has 1 aromatic heterocycles. The van der Waals surface area contributed by atoms with E-state index < -0.39 is 0 Å². The van der Waals surface area contributed by atoms with Crippen molar-refractivity contribution >= 4 is 5.95 Å². The maximum absolute atomic E-state index is 12.7. The van der Waals surface area contributed by atoms with Gasteiger partial charge in [0.1, 0.15) is 5.82 Å². The largest absolute Gasteiger partial charge is 0.369 e. The van der Waals surface area contributed by atoms with Crippen LogP contribution in [0, 0.1) is 5.82 Å². The molecule has 1 heterocycles. The van der Waals surface area contributed by atoms with Crippen LogP contribution in [0.1, 0.15) is 11.3 Å². The number of nitrogens with two attached hydrogens (primary N) is 1. The molecule has 0 aliphatic heterocycles. The van der Waals surface area contributed by atoms with E-state index in [0.29, 0.717) is 5.95 Å². The van der Waals surface area contributed by atoms with E-state index >= 15 is 0 Å². The zero-order chi connectivity index (χ0) is 11.5. The molecular weight excluding hydrogens is 205 g/mol. The Balaban J connectivity index is 1.99. The standard InChI is InChI=1S/C12H14FN3/c1-16-8-11(15-12(16)14)7-4-9-2-5-10(13)6-3-9/h2-3,5-6,8H,4,7H2,1H3,(H2,14,15). The molecule has 3 nitrogen and oxygen atoms in total. The number of hydrogen-bond donors (Lipinski definition) is 1. The van der Waals surface area contributed by atoms with E-state index in [-0.39, 0.29) is 5.82 Å². The maximum atomic E-state index is 12.7. The van der Waals surface area contributed by atoms with Crippen LogP contribution in [0.25, 0.3) is 0 Å². The minimum Gasteiger partial charge on any atom is -0.369 e. The molecule has 0 saturated carbocycles. The van der Waals surface area contributed by atoms with Crippen LogP contribution in [0.5, 0.6) is 0 Å². The lowest BCUT2D eigenvalue weighted by Crippen LogP contribution is -1.95. The molecule has 0 spiro atoms. The number of benzene rings is 1. The predicted octanol–water partition coefficient (Wildman–Crippen LogP) is 1.93. The molecule has 0 saturated heterocycles. The summed E-state index contributed by atoms with van der Waals surface area (Å²) in [5, 5.41) is 0. The maximum Gasteiger partial charge on any atom is 0.200 e. The highest BCUT2D eigenvalue weighted by atomic mass is 19.1. The average Bonchev–Trinajstić information content (AvgIpc) is 2.58. The summed E-state index contributed by atoms with van der Waals surface area (Å²) >= 11 is 0. The SMILES string of the molecule is Cn1cc(CCc2ccc(F)cc2)nc1N. The Bertz CT molecular complexity index is 454. The molecule has 2 rings (SSSR count). The molecule has 84 valence electrons. The Morgan fingerprint density at radius 2 is 1.94 bits per heavy atom. The van der Waals surface area contributed by atoms with Crippen LogP contribution in [0.15, 0.2) is 30.5 Å². The van der Waals surface area contributed by atoms with Gasteiger partial charge < -0.3 is 10.3 Å². The first-order chi connectivity index (χ1) is 7.65. The van der Waals surface area contributed by atoms with Crippen molar-refractivity contribution in [3.8, 4) is 0 Å². The first-order valence-corrected chi connectivity index (χ1v) is 5.17. The van der Waals surface area contributed by atoms with Crippen LogP contribution in [0.2, 0.25) is 0 Å². The topological polar surface area (TPSA) is 43.8 Å². The average molecular weight is 219 g/mol. The van der Waals surface area contributed by atoms with Crippen LogP contribution in [0.4, 0.5) is 10.3 Å². The van der Waals surface area contributed by atoms with E-state index in [1.807, 2.05) is 13.2 Å². The molecule has 0 aliphatic rings. The molecule has 2 N–H and O–H groups in total. The van der Waals surface area contributed by atoms with Gasteiger partial charge in [-0.1, -0.05) is 12.1 Å². The van der Waals surface area contributed by atoms with Crippen molar-refractivity contribution in [3.63, 3.8) is 0 Å². The summed E-state index contributed by atoms with van der Waals surface area (Å²) in [6.07, 6.45) is 3.58. The molecule has 0 fully saturated rings. The molecule has 4 heteroatoms. The van der Waals surface area contributed by atoms with E-state index in [2.05, 4.69) is 4.98 Å². The Kier molecular flexibility index (Phi) is 2.90. The lowest BCUT2D eigenvalue weighted by molar-refractivity contribution is 0.627. The quantitative estimate of drug-likeness (QED) is 0.857. The third kappa shape index (κ3) is 2.39. The molecule has 0 aliphatic carbocycles. The second kappa shape index (κ2) is 4.35. The Morgan fingerprint density at radius 1 is 1.25 bits per heavy atom. The summed E-state index contributed by atoms with van der Waals surface area (Å²) in [6, 6.07) is 6.54. The van der Waals surface area contributed by atoms with E-state index in [4.69, 9.17) is 5.73 Å². The number of anilines is 1. The highest BCUT2D eigenvalue weighted by Gasteiger charge is 2.02. The lowest BCUT2D eigenvalue weighted by Gasteiger charge is -1.98. The molecule has 0 radical (unpaired) electrons. The van der Waals surface area contributed by atoms with Gasteiger partial charge in [0.05, 0.1) is 5.69 Å². The first kappa shape index (κ1) is 10.7. The molecule has 0 atom stereocenters. The van der Waals surface area contributed by atoms with Gasteiger partial charge >= 0.3 is 0 Å².